The molecular weight excluding hydrogens is 432 g/mol. The maximum Gasteiger partial charge on any atom is 0.126 e. The van der Waals surface area contributed by atoms with Crippen LogP contribution in [0.15, 0.2) is 11.6 Å². The Balaban J connectivity index is 1.95. The van der Waals surface area contributed by atoms with E-state index in [-0.39, 0.29) is 33.2 Å². The van der Waals surface area contributed by atoms with E-state index in [9.17, 15) is 15.0 Å². The standard InChI is InChI=1S/C32H56O3/c1-22-20-27(3,4)15-17-32(22,21-33)18-16-28(5,6)31(10)14-11-24-29(7,8)26(35)12-13-30(24,9)25(31)19-23(2)34/h19,21-24,26,34-35H,11-18,20H2,1-10H3/b25-19-/t22?,23-,24-,26-,30-,31+,32+/m0/s1. The largest absolute Gasteiger partial charge is 0.393 e. The summed E-state index contributed by atoms with van der Waals surface area (Å²) in [6, 6.07) is 0. The van der Waals surface area contributed by atoms with Gasteiger partial charge in [-0.2, -0.15) is 0 Å². The first kappa shape index (κ1) is 28.9. The number of aliphatic hydroxyl groups excluding tert-OH is 2. The van der Waals surface area contributed by atoms with Gasteiger partial charge in [0.1, 0.15) is 6.29 Å². The molecule has 0 radical (unpaired) electrons. The van der Waals surface area contributed by atoms with Crippen LogP contribution in [-0.4, -0.2) is 28.7 Å². The van der Waals surface area contributed by atoms with E-state index in [1.54, 1.807) is 0 Å². The van der Waals surface area contributed by atoms with E-state index in [0.717, 1.165) is 57.8 Å². The highest BCUT2D eigenvalue weighted by Gasteiger charge is 2.61. The lowest BCUT2D eigenvalue weighted by Gasteiger charge is -2.64. The van der Waals surface area contributed by atoms with Crippen LogP contribution in [0.4, 0.5) is 0 Å². The second-order valence-corrected chi connectivity index (χ2v) is 15.5. The lowest BCUT2D eigenvalue weighted by Crippen LogP contribution is -2.57. The first-order valence-electron chi connectivity index (χ1n) is 14.4. The molecule has 0 aromatic carbocycles. The highest BCUT2D eigenvalue weighted by atomic mass is 16.3. The molecule has 3 heteroatoms. The molecule has 0 bridgehead atoms. The number of hydrogen-bond donors (Lipinski definition) is 2. The monoisotopic (exact) mass is 488 g/mol. The van der Waals surface area contributed by atoms with E-state index in [2.05, 4.69) is 68.4 Å². The molecule has 0 heterocycles. The Morgan fingerprint density at radius 1 is 1.03 bits per heavy atom. The van der Waals surface area contributed by atoms with Crippen molar-refractivity contribution in [3.63, 3.8) is 0 Å². The van der Waals surface area contributed by atoms with Gasteiger partial charge in [-0.1, -0.05) is 74.0 Å². The zero-order valence-electron chi connectivity index (χ0n) is 24.6. The second-order valence-electron chi connectivity index (χ2n) is 15.5. The van der Waals surface area contributed by atoms with Crippen molar-refractivity contribution in [2.45, 2.75) is 139 Å². The summed E-state index contributed by atoms with van der Waals surface area (Å²) >= 11 is 0. The van der Waals surface area contributed by atoms with E-state index in [4.69, 9.17) is 0 Å². The number of aliphatic hydroxyl groups is 2. The predicted molar refractivity (Wildman–Crippen MR) is 146 cm³/mol. The highest BCUT2D eigenvalue weighted by Crippen LogP contribution is 2.68. The molecule has 1 unspecified atom stereocenters. The van der Waals surface area contributed by atoms with Gasteiger partial charge in [-0.15, -0.1) is 0 Å². The minimum absolute atomic E-state index is 0.00932. The maximum absolute atomic E-state index is 12.6. The van der Waals surface area contributed by atoms with Crippen molar-refractivity contribution in [2.75, 3.05) is 0 Å². The molecule has 0 amide bonds. The molecule has 3 aliphatic rings. The fourth-order valence-electron chi connectivity index (χ4n) is 8.94. The number of carbonyl (C=O) groups excluding carboxylic acids is 1. The van der Waals surface area contributed by atoms with Crippen molar-refractivity contribution in [3.8, 4) is 0 Å². The van der Waals surface area contributed by atoms with Gasteiger partial charge in [0.05, 0.1) is 12.2 Å². The first-order chi connectivity index (χ1) is 15.9. The molecule has 0 aromatic heterocycles. The first-order valence-corrected chi connectivity index (χ1v) is 14.4. The summed E-state index contributed by atoms with van der Waals surface area (Å²) in [5.74, 6) is 0.809. The van der Waals surface area contributed by atoms with Crippen LogP contribution >= 0.6 is 0 Å². The fraction of sp³-hybridized carbons (Fsp3) is 0.906. The van der Waals surface area contributed by atoms with Gasteiger partial charge in [0, 0.05) is 5.41 Å². The van der Waals surface area contributed by atoms with Crippen molar-refractivity contribution in [3.05, 3.63) is 11.6 Å². The van der Waals surface area contributed by atoms with Gasteiger partial charge in [-0.25, -0.2) is 0 Å². The molecule has 3 aliphatic carbocycles. The molecule has 202 valence electrons. The van der Waals surface area contributed by atoms with E-state index in [1.165, 1.54) is 11.9 Å². The van der Waals surface area contributed by atoms with E-state index in [0.29, 0.717) is 17.3 Å². The fourth-order valence-corrected chi connectivity index (χ4v) is 8.94. The van der Waals surface area contributed by atoms with Crippen molar-refractivity contribution in [1.82, 2.24) is 0 Å². The maximum atomic E-state index is 12.6. The Labute approximate surface area is 216 Å². The second kappa shape index (κ2) is 9.26. The molecule has 0 aromatic rings. The summed E-state index contributed by atoms with van der Waals surface area (Å²) in [4.78, 5) is 12.6. The Kier molecular flexibility index (Phi) is 7.65. The van der Waals surface area contributed by atoms with Crippen molar-refractivity contribution < 1.29 is 15.0 Å². The van der Waals surface area contributed by atoms with Crippen LogP contribution in [0, 0.1) is 44.3 Å². The Morgan fingerprint density at radius 2 is 1.66 bits per heavy atom. The summed E-state index contributed by atoms with van der Waals surface area (Å²) in [5.41, 5.74) is 1.27. The van der Waals surface area contributed by atoms with E-state index in [1.807, 2.05) is 6.92 Å². The number of allylic oxidation sites excluding steroid dienone is 1. The average Bonchev–Trinajstić information content (AvgIpc) is 2.73. The molecule has 3 fully saturated rings. The number of aldehydes is 1. The molecular formula is C32H56O3. The molecule has 3 rings (SSSR count). The molecule has 35 heavy (non-hydrogen) atoms. The predicted octanol–water partition coefficient (Wildman–Crippen LogP) is 7.74. The summed E-state index contributed by atoms with van der Waals surface area (Å²) in [7, 11) is 0. The third-order valence-electron chi connectivity index (χ3n) is 12.1. The van der Waals surface area contributed by atoms with Crippen LogP contribution in [0.1, 0.15) is 127 Å². The molecule has 0 saturated heterocycles. The Bertz CT molecular complexity index is 821. The summed E-state index contributed by atoms with van der Waals surface area (Å²) in [6.45, 7) is 23.0. The van der Waals surface area contributed by atoms with Crippen molar-refractivity contribution in [1.29, 1.82) is 0 Å². The SMILES string of the molecule is CC1CC(C)(C)CC[C@]1(C=O)CCC(C)(C)[C@]1(C)CC[C@H]2C(C)(C)[C@@H](O)CC[C@]2(C)/C1=C/[C@H](C)O. The molecule has 0 aliphatic heterocycles. The highest BCUT2D eigenvalue weighted by molar-refractivity contribution is 5.60. The molecule has 3 saturated carbocycles. The number of fused-ring (bicyclic) bond motifs is 1. The van der Waals surface area contributed by atoms with Crippen LogP contribution in [0.25, 0.3) is 0 Å². The van der Waals surface area contributed by atoms with Crippen LogP contribution in [0.5, 0.6) is 0 Å². The van der Waals surface area contributed by atoms with E-state index < -0.39 is 6.10 Å². The summed E-state index contributed by atoms with van der Waals surface area (Å²) in [5, 5.41) is 21.5. The number of rotatable bonds is 6. The topological polar surface area (TPSA) is 57.5 Å². The van der Waals surface area contributed by atoms with Crippen LogP contribution in [-0.2, 0) is 4.79 Å². The average molecular weight is 489 g/mol. The van der Waals surface area contributed by atoms with Gasteiger partial charge in [-0.05, 0) is 104 Å². The molecule has 3 nitrogen and oxygen atoms in total. The zero-order valence-corrected chi connectivity index (χ0v) is 24.6. The van der Waals surface area contributed by atoms with Gasteiger partial charge < -0.3 is 15.0 Å². The normalized spacial score (nSPS) is 43.4. The lowest BCUT2D eigenvalue weighted by molar-refractivity contribution is -0.127. The van der Waals surface area contributed by atoms with Gasteiger partial charge in [0.2, 0.25) is 0 Å². The van der Waals surface area contributed by atoms with Gasteiger partial charge in [-0.3, -0.25) is 0 Å². The third-order valence-corrected chi connectivity index (χ3v) is 12.1. The minimum atomic E-state index is -0.493. The molecule has 0 spiro atoms. The Morgan fingerprint density at radius 3 is 2.20 bits per heavy atom. The van der Waals surface area contributed by atoms with Crippen LogP contribution in [0.2, 0.25) is 0 Å². The van der Waals surface area contributed by atoms with Crippen LogP contribution < -0.4 is 0 Å². The quantitative estimate of drug-likeness (QED) is 0.297. The van der Waals surface area contributed by atoms with Gasteiger partial charge in [0.25, 0.3) is 0 Å². The molecule has 7 atom stereocenters. The third kappa shape index (κ3) is 4.83. The van der Waals surface area contributed by atoms with Gasteiger partial charge >= 0.3 is 0 Å². The van der Waals surface area contributed by atoms with Crippen LogP contribution in [0.3, 0.4) is 0 Å². The van der Waals surface area contributed by atoms with Crippen molar-refractivity contribution >= 4 is 6.29 Å². The Hall–Kier alpha value is -0.670. The van der Waals surface area contributed by atoms with E-state index >= 15 is 0 Å². The minimum Gasteiger partial charge on any atom is -0.393 e. The lowest BCUT2D eigenvalue weighted by atomic mass is 9.41. The van der Waals surface area contributed by atoms with Crippen molar-refractivity contribution in [2.24, 2.45) is 44.3 Å². The smallest absolute Gasteiger partial charge is 0.126 e. The summed E-state index contributed by atoms with van der Waals surface area (Å²) in [6.07, 6.45) is 11.8. The number of hydrogen-bond acceptors (Lipinski definition) is 3. The van der Waals surface area contributed by atoms with Gasteiger partial charge in [0.15, 0.2) is 0 Å². The zero-order chi connectivity index (χ0) is 26.7. The summed E-state index contributed by atoms with van der Waals surface area (Å²) < 4.78 is 0. The number of carbonyl (C=O) groups is 1. The molecule has 2 N–H and O–H groups in total.